The van der Waals surface area contributed by atoms with Crippen LogP contribution in [-0.2, 0) is 4.74 Å². The van der Waals surface area contributed by atoms with E-state index in [9.17, 15) is 0 Å². The summed E-state index contributed by atoms with van der Waals surface area (Å²) >= 11 is 5.25. The Morgan fingerprint density at radius 2 is 1.87 bits per heavy atom. The van der Waals surface area contributed by atoms with Crippen LogP contribution in [0.3, 0.4) is 0 Å². The average molecular weight is 334 g/mol. The van der Waals surface area contributed by atoms with Crippen molar-refractivity contribution in [2.45, 2.75) is 32.9 Å². The maximum Gasteiger partial charge on any atom is 0.187 e. The fourth-order valence-electron chi connectivity index (χ4n) is 2.68. The second-order valence-electron chi connectivity index (χ2n) is 5.95. The zero-order chi connectivity index (χ0) is 16.7. The van der Waals surface area contributed by atoms with Crippen LogP contribution in [0.15, 0.2) is 35.4 Å². The van der Waals surface area contributed by atoms with E-state index in [2.05, 4.69) is 45.0 Å². The van der Waals surface area contributed by atoms with Crippen LogP contribution < -0.4 is 10.7 Å². The molecule has 126 valence electrons. The van der Waals surface area contributed by atoms with Gasteiger partial charge in [-0.3, -0.25) is 10.3 Å². The zero-order valence-corrected chi connectivity index (χ0v) is 14.9. The van der Waals surface area contributed by atoms with Gasteiger partial charge in [-0.1, -0.05) is 30.3 Å². The lowest BCUT2D eigenvalue weighted by Gasteiger charge is -2.34. The summed E-state index contributed by atoms with van der Waals surface area (Å²) in [6.07, 6.45) is 0. The number of benzene rings is 1. The fraction of sp³-hybridized carbons (Fsp3) is 0.529. The van der Waals surface area contributed by atoms with Crippen LogP contribution in [0.1, 0.15) is 32.4 Å². The maximum absolute atomic E-state index is 5.48. The molecule has 5 nitrogen and oxygen atoms in total. The molecule has 1 aromatic rings. The average Bonchev–Trinajstić information content (AvgIpc) is 2.55. The Bertz CT molecular complexity index is 527. The van der Waals surface area contributed by atoms with Crippen molar-refractivity contribution in [1.82, 2.24) is 15.6 Å². The lowest BCUT2D eigenvalue weighted by Crippen LogP contribution is -2.42. The van der Waals surface area contributed by atoms with E-state index in [1.54, 1.807) is 0 Å². The summed E-state index contributed by atoms with van der Waals surface area (Å²) in [5, 5.41) is 8.19. The van der Waals surface area contributed by atoms with Crippen molar-refractivity contribution in [3.05, 3.63) is 35.9 Å². The first kappa shape index (κ1) is 17.8. The van der Waals surface area contributed by atoms with E-state index in [0.717, 1.165) is 32.0 Å². The van der Waals surface area contributed by atoms with Crippen molar-refractivity contribution >= 4 is 23.0 Å². The standard InChI is InChI=1S/C17H26N4OS/c1-13(2)18-17(23)20-19-14(3)16(15-7-5-4-6-8-15)21-9-11-22-12-10-21/h4-8,13,16H,9-12H2,1-3H3,(H2,18,20,23)/b19-14-/t16-/m0/s1. The van der Waals surface area contributed by atoms with Crippen LogP contribution in [0.5, 0.6) is 0 Å². The Hall–Kier alpha value is -1.50. The van der Waals surface area contributed by atoms with E-state index < -0.39 is 0 Å². The van der Waals surface area contributed by atoms with Gasteiger partial charge in [-0.25, -0.2) is 0 Å². The number of thiocarbonyl (C=S) groups is 1. The van der Waals surface area contributed by atoms with Crippen LogP contribution in [0.2, 0.25) is 0 Å². The van der Waals surface area contributed by atoms with E-state index in [0.29, 0.717) is 5.11 Å². The first-order valence-electron chi connectivity index (χ1n) is 8.05. The second-order valence-corrected chi connectivity index (χ2v) is 6.36. The molecule has 0 amide bonds. The predicted octanol–water partition coefficient (Wildman–Crippen LogP) is 2.31. The molecule has 2 N–H and O–H groups in total. The summed E-state index contributed by atoms with van der Waals surface area (Å²) in [4.78, 5) is 2.40. The third kappa shape index (κ3) is 5.57. The molecular formula is C17H26N4OS. The summed E-state index contributed by atoms with van der Waals surface area (Å²) in [6.45, 7) is 9.46. The number of hydrogen-bond donors (Lipinski definition) is 2. The highest BCUT2D eigenvalue weighted by atomic mass is 32.1. The molecule has 0 spiro atoms. The molecule has 23 heavy (non-hydrogen) atoms. The van der Waals surface area contributed by atoms with E-state index in [1.807, 2.05) is 26.8 Å². The SMILES string of the molecule is C/C(=N/NC(=S)NC(C)C)[C@@H](c1ccccc1)N1CCOCC1. The lowest BCUT2D eigenvalue weighted by molar-refractivity contribution is 0.0285. The monoisotopic (exact) mass is 334 g/mol. The number of rotatable bonds is 5. The smallest absolute Gasteiger partial charge is 0.187 e. The first-order valence-corrected chi connectivity index (χ1v) is 8.46. The Kier molecular flexibility index (Phi) is 6.95. The van der Waals surface area contributed by atoms with Crippen LogP contribution in [0.4, 0.5) is 0 Å². The number of morpholine rings is 1. The highest BCUT2D eigenvalue weighted by molar-refractivity contribution is 7.80. The molecular weight excluding hydrogens is 308 g/mol. The minimum atomic E-state index is 0.134. The largest absolute Gasteiger partial charge is 0.379 e. The predicted molar refractivity (Wildman–Crippen MR) is 98.7 cm³/mol. The molecule has 0 aromatic heterocycles. The van der Waals surface area contributed by atoms with Crippen molar-refractivity contribution in [1.29, 1.82) is 0 Å². The molecule has 0 radical (unpaired) electrons. The Morgan fingerprint density at radius 3 is 2.48 bits per heavy atom. The van der Waals surface area contributed by atoms with E-state index in [-0.39, 0.29) is 12.1 Å². The number of hydrogen-bond acceptors (Lipinski definition) is 4. The van der Waals surface area contributed by atoms with Crippen molar-refractivity contribution in [3.8, 4) is 0 Å². The molecule has 1 atom stereocenters. The van der Waals surface area contributed by atoms with E-state index in [1.165, 1.54) is 5.56 Å². The van der Waals surface area contributed by atoms with Gasteiger partial charge in [0, 0.05) is 19.1 Å². The van der Waals surface area contributed by atoms with Gasteiger partial charge in [0.25, 0.3) is 0 Å². The Morgan fingerprint density at radius 1 is 1.22 bits per heavy atom. The molecule has 2 rings (SSSR count). The minimum absolute atomic E-state index is 0.134. The van der Waals surface area contributed by atoms with Gasteiger partial charge in [-0.2, -0.15) is 5.10 Å². The van der Waals surface area contributed by atoms with Crippen LogP contribution in [-0.4, -0.2) is 48.1 Å². The highest BCUT2D eigenvalue weighted by Gasteiger charge is 2.25. The first-order chi connectivity index (χ1) is 11.1. The van der Waals surface area contributed by atoms with E-state index >= 15 is 0 Å². The highest BCUT2D eigenvalue weighted by Crippen LogP contribution is 2.23. The quantitative estimate of drug-likeness (QED) is 0.492. The van der Waals surface area contributed by atoms with Crippen LogP contribution >= 0.6 is 12.2 Å². The van der Waals surface area contributed by atoms with E-state index in [4.69, 9.17) is 17.0 Å². The summed E-state index contributed by atoms with van der Waals surface area (Å²) < 4.78 is 5.48. The molecule has 1 saturated heterocycles. The Balaban J connectivity index is 2.14. The van der Waals surface area contributed by atoms with Gasteiger partial charge >= 0.3 is 0 Å². The third-order valence-electron chi connectivity index (χ3n) is 3.68. The van der Waals surface area contributed by atoms with Gasteiger partial charge in [0.15, 0.2) is 5.11 Å². The second kappa shape index (κ2) is 8.96. The molecule has 1 aliphatic heterocycles. The molecule has 0 bridgehead atoms. The van der Waals surface area contributed by atoms with Crippen molar-refractivity contribution < 1.29 is 4.74 Å². The molecule has 1 aromatic carbocycles. The van der Waals surface area contributed by atoms with Crippen molar-refractivity contribution in [2.75, 3.05) is 26.3 Å². The maximum atomic E-state index is 5.48. The van der Waals surface area contributed by atoms with Gasteiger partial charge < -0.3 is 10.1 Å². The fourth-order valence-corrected chi connectivity index (χ4v) is 2.96. The van der Waals surface area contributed by atoms with Gasteiger partial charge in [-0.05, 0) is 38.6 Å². The van der Waals surface area contributed by atoms with Gasteiger partial charge in [0.05, 0.1) is 25.0 Å². The topological polar surface area (TPSA) is 48.9 Å². The molecule has 1 aliphatic rings. The molecule has 1 fully saturated rings. The normalized spacial score (nSPS) is 17.8. The van der Waals surface area contributed by atoms with Gasteiger partial charge in [-0.15, -0.1) is 0 Å². The number of hydrazone groups is 1. The molecule has 0 saturated carbocycles. The third-order valence-corrected chi connectivity index (χ3v) is 3.88. The number of nitrogens with one attached hydrogen (secondary N) is 2. The molecule has 0 unspecified atom stereocenters. The number of ether oxygens (including phenoxy) is 1. The van der Waals surface area contributed by atoms with Crippen LogP contribution in [0.25, 0.3) is 0 Å². The summed E-state index contributed by atoms with van der Waals surface area (Å²) in [5.41, 5.74) is 5.18. The Labute approximate surface area is 144 Å². The summed E-state index contributed by atoms with van der Waals surface area (Å²) in [7, 11) is 0. The molecule has 6 heteroatoms. The minimum Gasteiger partial charge on any atom is -0.379 e. The molecule has 1 heterocycles. The zero-order valence-electron chi connectivity index (χ0n) is 14.1. The summed E-state index contributed by atoms with van der Waals surface area (Å²) in [6, 6.07) is 10.9. The van der Waals surface area contributed by atoms with Crippen molar-refractivity contribution in [3.63, 3.8) is 0 Å². The van der Waals surface area contributed by atoms with Gasteiger partial charge in [0.2, 0.25) is 0 Å². The van der Waals surface area contributed by atoms with Gasteiger partial charge in [0.1, 0.15) is 0 Å². The van der Waals surface area contributed by atoms with Crippen molar-refractivity contribution in [2.24, 2.45) is 5.10 Å². The number of nitrogens with zero attached hydrogens (tertiary/aromatic N) is 2. The molecule has 0 aliphatic carbocycles. The van der Waals surface area contributed by atoms with Crippen LogP contribution in [0, 0.1) is 0 Å². The lowest BCUT2D eigenvalue weighted by atomic mass is 10.0. The summed E-state index contributed by atoms with van der Waals surface area (Å²) in [5.74, 6) is 0.